The van der Waals surface area contributed by atoms with Crippen LogP contribution < -0.4 is 0 Å². The molecule has 0 aliphatic carbocycles. The Morgan fingerprint density at radius 1 is 0.739 bits per heavy atom. The summed E-state index contributed by atoms with van der Waals surface area (Å²) in [4.78, 5) is 10.5. The Bertz CT molecular complexity index is 273. The van der Waals surface area contributed by atoms with Crippen molar-refractivity contribution < 1.29 is 14.3 Å². The predicted octanol–water partition coefficient (Wildman–Crippen LogP) is 5.60. The lowest BCUT2D eigenvalue weighted by Gasteiger charge is -2.17. The maximum atomic E-state index is 10.5. The van der Waals surface area contributed by atoms with E-state index >= 15 is 0 Å². The Labute approximate surface area is 143 Å². The van der Waals surface area contributed by atoms with E-state index in [9.17, 15) is 4.79 Å². The van der Waals surface area contributed by atoms with E-state index in [2.05, 4.69) is 38.2 Å². The van der Waals surface area contributed by atoms with Crippen molar-refractivity contribution in [3.8, 4) is 0 Å². The lowest BCUT2D eigenvalue weighted by molar-refractivity contribution is -0.149. The Kier molecular flexibility index (Phi) is 18.3. The van der Waals surface area contributed by atoms with Crippen molar-refractivity contribution in [1.29, 1.82) is 0 Å². The molecule has 0 radical (unpaired) electrons. The van der Waals surface area contributed by atoms with E-state index in [0.717, 1.165) is 57.7 Å². The van der Waals surface area contributed by atoms with Crippen molar-refractivity contribution in [3.63, 3.8) is 0 Å². The molecule has 0 aromatic carbocycles. The summed E-state index contributed by atoms with van der Waals surface area (Å²) in [7, 11) is 0. The molecule has 0 N–H and O–H groups in total. The number of hydrogen-bond donors (Lipinski definition) is 0. The summed E-state index contributed by atoms with van der Waals surface area (Å²) in [5.74, 6) is 0. The molecule has 0 saturated heterocycles. The first-order chi connectivity index (χ1) is 11.3. The largest absolute Gasteiger partial charge is 0.353 e. The first-order valence-electron chi connectivity index (χ1n) is 9.31. The minimum Gasteiger partial charge on any atom is -0.353 e. The van der Waals surface area contributed by atoms with Gasteiger partial charge in [0.15, 0.2) is 6.29 Å². The van der Waals surface area contributed by atoms with Gasteiger partial charge in [0.1, 0.15) is 6.29 Å². The van der Waals surface area contributed by atoms with Crippen molar-refractivity contribution in [3.05, 3.63) is 24.3 Å². The molecule has 0 unspecified atom stereocenters. The van der Waals surface area contributed by atoms with Crippen molar-refractivity contribution in [1.82, 2.24) is 0 Å². The molecule has 0 spiro atoms. The Morgan fingerprint density at radius 3 is 1.70 bits per heavy atom. The summed E-state index contributed by atoms with van der Waals surface area (Å²) >= 11 is 0. The molecule has 0 saturated carbocycles. The molecule has 0 aromatic rings. The molecule has 0 aliphatic heterocycles. The zero-order valence-corrected chi connectivity index (χ0v) is 15.2. The van der Waals surface area contributed by atoms with E-state index < -0.39 is 0 Å². The predicted molar refractivity (Wildman–Crippen MR) is 97.6 cm³/mol. The summed E-state index contributed by atoms with van der Waals surface area (Å²) in [6.45, 7) is 5.72. The van der Waals surface area contributed by atoms with Crippen LogP contribution in [0.15, 0.2) is 24.3 Å². The first kappa shape index (κ1) is 22.1. The van der Waals surface area contributed by atoms with Crippen LogP contribution in [0.1, 0.15) is 78.1 Å². The van der Waals surface area contributed by atoms with E-state index in [1.165, 1.54) is 0 Å². The molecule has 3 heteroatoms. The van der Waals surface area contributed by atoms with Gasteiger partial charge in [-0.1, -0.05) is 38.2 Å². The van der Waals surface area contributed by atoms with Crippen molar-refractivity contribution >= 4 is 6.29 Å². The third-order valence-electron chi connectivity index (χ3n) is 3.46. The fourth-order valence-corrected chi connectivity index (χ4v) is 2.15. The summed E-state index contributed by atoms with van der Waals surface area (Å²) in [6.07, 6.45) is 19.5. The van der Waals surface area contributed by atoms with E-state index in [1.807, 2.05) is 0 Å². The van der Waals surface area contributed by atoms with Crippen LogP contribution in [0.2, 0.25) is 0 Å². The summed E-state index contributed by atoms with van der Waals surface area (Å²) in [5.41, 5.74) is 0. The highest BCUT2D eigenvalue weighted by molar-refractivity contribution is 5.49. The summed E-state index contributed by atoms with van der Waals surface area (Å²) in [5, 5.41) is 0. The molecular formula is C20H36O3. The average Bonchev–Trinajstić information content (AvgIpc) is 2.57. The monoisotopic (exact) mass is 324 g/mol. The third-order valence-corrected chi connectivity index (χ3v) is 3.46. The maximum Gasteiger partial charge on any atom is 0.157 e. The number of ether oxygens (including phenoxy) is 2. The number of rotatable bonds is 17. The van der Waals surface area contributed by atoms with Gasteiger partial charge in [0.2, 0.25) is 0 Å². The Morgan fingerprint density at radius 2 is 1.26 bits per heavy atom. The number of allylic oxidation sites excluding steroid dienone is 4. The summed E-state index contributed by atoms with van der Waals surface area (Å²) < 4.78 is 11.6. The molecule has 23 heavy (non-hydrogen) atoms. The van der Waals surface area contributed by atoms with Crippen molar-refractivity contribution in [2.75, 3.05) is 13.2 Å². The first-order valence-corrected chi connectivity index (χ1v) is 9.31. The molecule has 0 fully saturated rings. The van der Waals surface area contributed by atoms with E-state index in [0.29, 0.717) is 26.1 Å². The highest BCUT2D eigenvalue weighted by Gasteiger charge is 2.08. The second-order valence-corrected chi connectivity index (χ2v) is 5.67. The molecule has 0 bridgehead atoms. The Hall–Kier alpha value is -0.930. The fourth-order valence-electron chi connectivity index (χ4n) is 2.15. The molecule has 0 rings (SSSR count). The molecule has 0 atom stereocenters. The Balaban J connectivity index is 3.69. The van der Waals surface area contributed by atoms with Crippen molar-refractivity contribution in [2.24, 2.45) is 0 Å². The zero-order valence-electron chi connectivity index (χ0n) is 15.2. The molecule has 0 aromatic heterocycles. The molecule has 3 nitrogen and oxygen atoms in total. The standard InChI is InChI=1S/C20H36O3/c1-3-5-7-9-11-13-18-22-20(16-15-17-21)23-19-14-12-10-8-6-4-2/h5-8,17,20H,3-4,9-16,18-19H2,1-2H3/b7-5-,8-6-. The van der Waals surface area contributed by atoms with Crippen molar-refractivity contribution in [2.45, 2.75) is 84.3 Å². The number of aldehydes is 1. The SMILES string of the molecule is CC/C=C\CCCCOC(CCC=O)OCCCC/C=C\CC. The van der Waals surface area contributed by atoms with Gasteiger partial charge in [-0.25, -0.2) is 0 Å². The molecular weight excluding hydrogens is 288 g/mol. The van der Waals surface area contributed by atoms with Gasteiger partial charge < -0.3 is 14.3 Å². The van der Waals surface area contributed by atoms with Gasteiger partial charge in [0.25, 0.3) is 0 Å². The summed E-state index contributed by atoms with van der Waals surface area (Å²) in [6, 6.07) is 0. The van der Waals surface area contributed by atoms with E-state index in [4.69, 9.17) is 9.47 Å². The quantitative estimate of drug-likeness (QED) is 0.151. The van der Waals surface area contributed by atoms with Crippen LogP contribution in [0.3, 0.4) is 0 Å². The minimum absolute atomic E-state index is 0.224. The second-order valence-electron chi connectivity index (χ2n) is 5.67. The van der Waals surface area contributed by atoms with E-state index in [1.54, 1.807) is 0 Å². The number of carbonyl (C=O) groups is 1. The topological polar surface area (TPSA) is 35.5 Å². The van der Waals surface area contributed by atoms with Crippen LogP contribution in [0, 0.1) is 0 Å². The van der Waals surface area contributed by atoms with Crippen LogP contribution in [0.25, 0.3) is 0 Å². The second kappa shape index (κ2) is 19.1. The van der Waals surface area contributed by atoms with Gasteiger partial charge in [0, 0.05) is 26.1 Å². The van der Waals surface area contributed by atoms with Gasteiger partial charge >= 0.3 is 0 Å². The van der Waals surface area contributed by atoms with Gasteiger partial charge in [-0.05, 0) is 51.4 Å². The van der Waals surface area contributed by atoms with E-state index in [-0.39, 0.29) is 6.29 Å². The van der Waals surface area contributed by atoms with Gasteiger partial charge in [-0.2, -0.15) is 0 Å². The number of unbranched alkanes of at least 4 members (excludes halogenated alkanes) is 4. The fraction of sp³-hybridized carbons (Fsp3) is 0.750. The molecule has 134 valence electrons. The van der Waals surface area contributed by atoms with Crippen LogP contribution in [-0.2, 0) is 14.3 Å². The van der Waals surface area contributed by atoms with Gasteiger partial charge in [-0.15, -0.1) is 0 Å². The van der Waals surface area contributed by atoms with Crippen LogP contribution in [-0.4, -0.2) is 25.8 Å². The van der Waals surface area contributed by atoms with Crippen LogP contribution in [0.4, 0.5) is 0 Å². The number of carbonyl (C=O) groups excluding carboxylic acids is 1. The van der Waals surface area contributed by atoms with Crippen LogP contribution >= 0.6 is 0 Å². The normalized spacial score (nSPS) is 12.0. The lowest BCUT2D eigenvalue weighted by atomic mass is 10.2. The minimum atomic E-state index is -0.224. The zero-order chi connectivity index (χ0) is 17.0. The molecule has 0 aliphatic rings. The highest BCUT2D eigenvalue weighted by Crippen LogP contribution is 2.08. The average molecular weight is 325 g/mol. The molecule has 0 heterocycles. The smallest absolute Gasteiger partial charge is 0.157 e. The third kappa shape index (κ3) is 17.3. The molecule has 0 amide bonds. The lowest BCUT2D eigenvalue weighted by Crippen LogP contribution is -2.19. The van der Waals surface area contributed by atoms with Crippen LogP contribution in [0.5, 0.6) is 0 Å². The number of hydrogen-bond acceptors (Lipinski definition) is 3. The highest BCUT2D eigenvalue weighted by atomic mass is 16.7. The van der Waals surface area contributed by atoms with Gasteiger partial charge in [-0.3, -0.25) is 0 Å². The maximum absolute atomic E-state index is 10.5. The van der Waals surface area contributed by atoms with Gasteiger partial charge in [0.05, 0.1) is 0 Å².